The highest BCUT2D eigenvalue weighted by atomic mass is 16.3. The summed E-state index contributed by atoms with van der Waals surface area (Å²) in [6.07, 6.45) is 2.82. The van der Waals surface area contributed by atoms with Gasteiger partial charge < -0.3 is 5.11 Å². The lowest BCUT2D eigenvalue weighted by atomic mass is 9.82. The van der Waals surface area contributed by atoms with E-state index < -0.39 is 0 Å². The van der Waals surface area contributed by atoms with Gasteiger partial charge in [0.1, 0.15) is 0 Å². The zero-order valence-electron chi connectivity index (χ0n) is 14.1. The highest BCUT2D eigenvalue weighted by molar-refractivity contribution is 5.26. The summed E-state index contributed by atoms with van der Waals surface area (Å²) in [5.41, 5.74) is 2.75. The summed E-state index contributed by atoms with van der Waals surface area (Å²) in [5, 5.41) is 10.4. The molecular weight excluding hydrogens is 244 g/mol. The second kappa shape index (κ2) is 7.26. The molecule has 3 unspecified atom stereocenters. The van der Waals surface area contributed by atoms with Gasteiger partial charge in [0.05, 0.1) is 6.10 Å². The maximum absolute atomic E-state index is 10.4. The van der Waals surface area contributed by atoms with E-state index in [1.165, 1.54) is 5.56 Å². The van der Waals surface area contributed by atoms with Crippen LogP contribution in [-0.4, -0.2) is 5.11 Å². The van der Waals surface area contributed by atoms with Crippen LogP contribution >= 0.6 is 0 Å². The molecule has 1 aromatic carbocycles. The second-order valence-corrected chi connectivity index (χ2v) is 7.60. The maximum atomic E-state index is 10.4. The Bertz CT molecular complexity index is 385. The Balaban J connectivity index is 2.61. The highest BCUT2D eigenvalue weighted by Gasteiger charge is 2.19. The fourth-order valence-corrected chi connectivity index (χ4v) is 2.93. The Hall–Kier alpha value is -0.820. The van der Waals surface area contributed by atoms with E-state index in [0.717, 1.165) is 24.8 Å². The van der Waals surface area contributed by atoms with E-state index in [1.807, 2.05) is 0 Å². The Kier molecular flexibility index (Phi) is 6.26. The minimum absolute atomic E-state index is 0.333. The van der Waals surface area contributed by atoms with Gasteiger partial charge in [-0.3, -0.25) is 0 Å². The number of hydrogen-bond donors (Lipinski definition) is 1. The van der Waals surface area contributed by atoms with Crippen molar-refractivity contribution in [3.05, 3.63) is 35.4 Å². The standard InChI is InChI=1S/C19H32O/c1-7-15(3)16-8-10-17(11-9-16)18(20)12-14(2)13-19(4,5)6/h8-11,14-15,18,20H,7,12-13H2,1-6H3. The molecule has 114 valence electrons. The maximum Gasteiger partial charge on any atom is 0.0792 e. The molecular formula is C19H32O. The Morgan fingerprint density at radius 2 is 1.50 bits per heavy atom. The fraction of sp³-hybridized carbons (Fsp3) is 0.684. The molecule has 0 saturated heterocycles. The molecule has 0 amide bonds. The summed E-state index contributed by atoms with van der Waals surface area (Å²) in [7, 11) is 0. The van der Waals surface area contributed by atoms with Gasteiger partial charge in [-0.15, -0.1) is 0 Å². The van der Waals surface area contributed by atoms with Crippen molar-refractivity contribution in [3.8, 4) is 0 Å². The third-order valence-corrected chi connectivity index (χ3v) is 4.09. The number of rotatable bonds is 6. The Morgan fingerprint density at radius 3 is 1.95 bits per heavy atom. The van der Waals surface area contributed by atoms with Crippen LogP contribution in [0.3, 0.4) is 0 Å². The number of aliphatic hydroxyl groups excluding tert-OH is 1. The van der Waals surface area contributed by atoms with Crippen LogP contribution in [0, 0.1) is 11.3 Å². The molecule has 1 N–H and O–H groups in total. The number of benzene rings is 1. The normalized spacial score (nSPS) is 16.8. The molecule has 0 heterocycles. The van der Waals surface area contributed by atoms with E-state index >= 15 is 0 Å². The quantitative estimate of drug-likeness (QED) is 0.707. The van der Waals surface area contributed by atoms with Gasteiger partial charge in [0.25, 0.3) is 0 Å². The molecule has 0 aliphatic heterocycles. The zero-order valence-corrected chi connectivity index (χ0v) is 14.1. The summed E-state index contributed by atoms with van der Waals surface area (Å²) >= 11 is 0. The molecule has 1 rings (SSSR count). The van der Waals surface area contributed by atoms with Gasteiger partial charge in [0, 0.05) is 0 Å². The first-order valence-corrected chi connectivity index (χ1v) is 8.01. The third-order valence-electron chi connectivity index (χ3n) is 4.09. The molecule has 20 heavy (non-hydrogen) atoms. The van der Waals surface area contributed by atoms with Crippen molar-refractivity contribution >= 4 is 0 Å². The third kappa shape index (κ3) is 5.66. The fourth-order valence-electron chi connectivity index (χ4n) is 2.93. The molecule has 1 heteroatoms. The van der Waals surface area contributed by atoms with Crippen molar-refractivity contribution in [2.45, 2.75) is 72.8 Å². The molecule has 0 bridgehead atoms. The van der Waals surface area contributed by atoms with Gasteiger partial charge >= 0.3 is 0 Å². The van der Waals surface area contributed by atoms with E-state index in [1.54, 1.807) is 0 Å². The average molecular weight is 276 g/mol. The summed E-state index contributed by atoms with van der Waals surface area (Å²) in [4.78, 5) is 0. The molecule has 0 spiro atoms. The first kappa shape index (κ1) is 17.2. The van der Waals surface area contributed by atoms with Gasteiger partial charge in [0.15, 0.2) is 0 Å². The minimum Gasteiger partial charge on any atom is -0.388 e. The molecule has 3 atom stereocenters. The van der Waals surface area contributed by atoms with E-state index in [0.29, 0.717) is 17.3 Å². The van der Waals surface area contributed by atoms with Crippen LogP contribution in [0.5, 0.6) is 0 Å². The first-order valence-electron chi connectivity index (χ1n) is 8.01. The Morgan fingerprint density at radius 1 is 1.00 bits per heavy atom. The van der Waals surface area contributed by atoms with Crippen LogP contribution in [0.2, 0.25) is 0 Å². The molecule has 0 radical (unpaired) electrons. The van der Waals surface area contributed by atoms with Crippen molar-refractivity contribution in [2.24, 2.45) is 11.3 Å². The van der Waals surface area contributed by atoms with E-state index in [2.05, 4.69) is 65.8 Å². The van der Waals surface area contributed by atoms with Crippen molar-refractivity contribution < 1.29 is 5.11 Å². The largest absolute Gasteiger partial charge is 0.388 e. The SMILES string of the molecule is CCC(C)c1ccc(C(O)CC(C)CC(C)(C)C)cc1. The molecule has 0 aromatic heterocycles. The van der Waals surface area contributed by atoms with Gasteiger partial charge in [-0.05, 0) is 47.6 Å². The molecule has 0 aliphatic carbocycles. The van der Waals surface area contributed by atoms with Crippen LogP contribution in [-0.2, 0) is 0 Å². The Labute approximate surface area is 125 Å². The average Bonchev–Trinajstić information content (AvgIpc) is 2.35. The molecule has 0 saturated carbocycles. The van der Waals surface area contributed by atoms with Crippen molar-refractivity contribution in [1.82, 2.24) is 0 Å². The molecule has 0 fully saturated rings. The van der Waals surface area contributed by atoms with Crippen LogP contribution in [0.4, 0.5) is 0 Å². The van der Waals surface area contributed by atoms with E-state index in [9.17, 15) is 5.11 Å². The summed E-state index contributed by atoms with van der Waals surface area (Å²) < 4.78 is 0. The van der Waals surface area contributed by atoms with Gasteiger partial charge in [0.2, 0.25) is 0 Å². The molecule has 1 aromatic rings. The van der Waals surface area contributed by atoms with Crippen LogP contribution in [0.1, 0.15) is 84.0 Å². The second-order valence-electron chi connectivity index (χ2n) is 7.60. The van der Waals surface area contributed by atoms with Crippen molar-refractivity contribution in [1.29, 1.82) is 0 Å². The monoisotopic (exact) mass is 276 g/mol. The zero-order chi connectivity index (χ0) is 15.3. The lowest BCUT2D eigenvalue weighted by molar-refractivity contribution is 0.134. The topological polar surface area (TPSA) is 20.2 Å². The predicted molar refractivity (Wildman–Crippen MR) is 88.0 cm³/mol. The van der Waals surface area contributed by atoms with Crippen LogP contribution in [0.15, 0.2) is 24.3 Å². The summed E-state index contributed by atoms with van der Waals surface area (Å²) in [6.45, 7) is 13.5. The predicted octanol–water partition coefficient (Wildman–Crippen LogP) is 5.70. The first-order chi connectivity index (χ1) is 9.23. The summed E-state index contributed by atoms with van der Waals surface area (Å²) in [6, 6.07) is 8.52. The number of hydrogen-bond acceptors (Lipinski definition) is 1. The van der Waals surface area contributed by atoms with Crippen molar-refractivity contribution in [2.75, 3.05) is 0 Å². The molecule has 1 nitrogen and oxygen atoms in total. The smallest absolute Gasteiger partial charge is 0.0792 e. The summed E-state index contributed by atoms with van der Waals surface area (Å²) in [5.74, 6) is 1.14. The van der Waals surface area contributed by atoms with Crippen LogP contribution in [0.25, 0.3) is 0 Å². The van der Waals surface area contributed by atoms with Gasteiger partial charge in [-0.25, -0.2) is 0 Å². The lowest BCUT2D eigenvalue weighted by Gasteiger charge is -2.25. The van der Waals surface area contributed by atoms with E-state index in [4.69, 9.17) is 0 Å². The van der Waals surface area contributed by atoms with E-state index in [-0.39, 0.29) is 6.10 Å². The lowest BCUT2D eigenvalue weighted by Crippen LogP contribution is -2.13. The van der Waals surface area contributed by atoms with Gasteiger partial charge in [-0.2, -0.15) is 0 Å². The van der Waals surface area contributed by atoms with Gasteiger partial charge in [-0.1, -0.05) is 65.8 Å². The van der Waals surface area contributed by atoms with Crippen LogP contribution < -0.4 is 0 Å². The molecule has 0 aliphatic rings. The van der Waals surface area contributed by atoms with Crippen molar-refractivity contribution in [3.63, 3.8) is 0 Å². The minimum atomic E-state index is -0.335. The number of aliphatic hydroxyl groups is 1. The highest BCUT2D eigenvalue weighted by Crippen LogP contribution is 2.31.